The molecule has 1 N–H and O–H groups in total. The first-order chi connectivity index (χ1) is 4.25. The zero-order valence-electron chi connectivity index (χ0n) is 4.85. The van der Waals surface area contributed by atoms with E-state index in [2.05, 4.69) is 10.4 Å². The maximum absolute atomic E-state index is 8.51. The molecule has 1 aromatic heterocycles. The Bertz CT molecular complexity index is 251. The van der Waals surface area contributed by atoms with E-state index in [1.807, 2.05) is 0 Å². The third kappa shape index (κ3) is 0.984. The topological polar surface area (TPSA) is 55.9 Å². The molecule has 0 atom stereocenters. The van der Waals surface area contributed by atoms with Crippen molar-refractivity contribution >= 4 is 12.2 Å². The van der Waals surface area contributed by atoms with Crippen molar-refractivity contribution in [2.24, 2.45) is 7.05 Å². The second kappa shape index (κ2) is 2.24. The van der Waals surface area contributed by atoms with E-state index in [0.717, 1.165) is 0 Å². The van der Waals surface area contributed by atoms with E-state index in [1.165, 1.54) is 9.36 Å². The number of hydrogen-bond acceptors (Lipinski definition) is 4. The van der Waals surface area contributed by atoms with E-state index in [-0.39, 0.29) is 6.73 Å². The molecule has 0 radical (unpaired) electrons. The molecule has 50 valence electrons. The minimum absolute atomic E-state index is 0.216. The van der Waals surface area contributed by atoms with E-state index in [1.54, 1.807) is 7.05 Å². The highest BCUT2D eigenvalue weighted by molar-refractivity contribution is 7.71. The number of aliphatic hydroxyl groups is 1. The molecule has 0 aromatic carbocycles. The van der Waals surface area contributed by atoms with Gasteiger partial charge in [-0.25, -0.2) is 4.68 Å². The first-order valence-electron chi connectivity index (χ1n) is 2.33. The van der Waals surface area contributed by atoms with Gasteiger partial charge in [-0.1, -0.05) is 0 Å². The molecule has 0 bridgehead atoms. The van der Waals surface area contributed by atoms with Crippen LogP contribution in [0, 0.1) is 4.77 Å². The van der Waals surface area contributed by atoms with E-state index in [0.29, 0.717) is 4.77 Å². The van der Waals surface area contributed by atoms with Crippen molar-refractivity contribution in [3.05, 3.63) is 4.77 Å². The lowest BCUT2D eigenvalue weighted by Crippen LogP contribution is -1.99. The number of hydrogen-bond donors (Lipinski definition) is 1. The average molecular weight is 146 g/mol. The highest BCUT2D eigenvalue weighted by atomic mass is 32.1. The number of nitrogens with zero attached hydrogens (tertiary/aromatic N) is 4. The molecule has 1 rings (SSSR count). The van der Waals surface area contributed by atoms with Crippen molar-refractivity contribution in [3.8, 4) is 0 Å². The predicted octanol–water partition coefficient (Wildman–Crippen LogP) is -0.704. The Labute approximate surface area is 56.5 Å². The SMILES string of the molecule is Cn1nnn(CO)c1=S. The van der Waals surface area contributed by atoms with E-state index < -0.39 is 0 Å². The molecule has 0 aliphatic heterocycles. The van der Waals surface area contributed by atoms with E-state index in [4.69, 9.17) is 17.3 Å². The number of tetrazole rings is 1. The van der Waals surface area contributed by atoms with Crippen LogP contribution in [0.4, 0.5) is 0 Å². The van der Waals surface area contributed by atoms with Crippen LogP contribution in [0.25, 0.3) is 0 Å². The van der Waals surface area contributed by atoms with Gasteiger partial charge in [-0.2, -0.15) is 4.68 Å². The third-order valence-electron chi connectivity index (χ3n) is 0.914. The molecule has 0 amide bonds. The van der Waals surface area contributed by atoms with Gasteiger partial charge in [0.25, 0.3) is 0 Å². The Morgan fingerprint density at radius 3 is 2.56 bits per heavy atom. The van der Waals surface area contributed by atoms with Gasteiger partial charge >= 0.3 is 0 Å². The van der Waals surface area contributed by atoms with Gasteiger partial charge in [0.05, 0.1) is 0 Å². The summed E-state index contributed by atoms with van der Waals surface area (Å²) in [6.07, 6.45) is 0. The van der Waals surface area contributed by atoms with Gasteiger partial charge in [-0.05, 0) is 22.6 Å². The molecule has 9 heavy (non-hydrogen) atoms. The first-order valence-corrected chi connectivity index (χ1v) is 2.74. The van der Waals surface area contributed by atoms with Crippen molar-refractivity contribution in [1.29, 1.82) is 0 Å². The van der Waals surface area contributed by atoms with Gasteiger partial charge in [-0.3, -0.25) is 0 Å². The molecule has 0 saturated carbocycles. The summed E-state index contributed by atoms with van der Waals surface area (Å²) < 4.78 is 3.04. The zero-order valence-corrected chi connectivity index (χ0v) is 5.67. The van der Waals surface area contributed by atoms with E-state index in [9.17, 15) is 0 Å². The standard InChI is InChI=1S/C3H6N4OS/c1-6-3(9)7(2-8)5-4-6/h8H,2H2,1H3. The summed E-state index contributed by atoms with van der Waals surface area (Å²) in [6, 6.07) is 0. The van der Waals surface area contributed by atoms with Gasteiger partial charge < -0.3 is 5.11 Å². The molecule has 0 spiro atoms. The van der Waals surface area contributed by atoms with Gasteiger partial charge in [0.1, 0.15) is 6.73 Å². The molecule has 1 aromatic rings. The van der Waals surface area contributed by atoms with Crippen LogP contribution in [0.5, 0.6) is 0 Å². The molecule has 1 heterocycles. The van der Waals surface area contributed by atoms with Crippen LogP contribution >= 0.6 is 12.2 Å². The number of rotatable bonds is 1. The Balaban J connectivity index is 3.20. The quantitative estimate of drug-likeness (QED) is 0.532. The lowest BCUT2D eigenvalue weighted by Gasteiger charge is -1.86. The average Bonchev–Trinajstić information content (AvgIpc) is 2.15. The maximum Gasteiger partial charge on any atom is 0.217 e. The van der Waals surface area contributed by atoms with Gasteiger partial charge in [0.2, 0.25) is 4.77 Å². The van der Waals surface area contributed by atoms with Gasteiger partial charge in [0.15, 0.2) is 0 Å². The lowest BCUT2D eigenvalue weighted by atomic mass is 11.1. The Morgan fingerprint density at radius 1 is 1.67 bits per heavy atom. The Hall–Kier alpha value is -0.750. The predicted molar refractivity (Wildman–Crippen MR) is 32.0 cm³/mol. The van der Waals surface area contributed by atoms with Crippen LogP contribution in [0.3, 0.4) is 0 Å². The van der Waals surface area contributed by atoms with Crippen molar-refractivity contribution in [1.82, 2.24) is 19.8 Å². The van der Waals surface area contributed by atoms with Gasteiger partial charge in [-0.15, -0.1) is 0 Å². The van der Waals surface area contributed by atoms with Crippen LogP contribution in [-0.4, -0.2) is 24.9 Å². The molecule has 5 nitrogen and oxygen atoms in total. The number of aliphatic hydroxyl groups excluding tert-OH is 1. The first kappa shape index (κ1) is 6.37. The second-order valence-electron chi connectivity index (χ2n) is 1.53. The van der Waals surface area contributed by atoms with E-state index >= 15 is 0 Å². The van der Waals surface area contributed by atoms with Crippen molar-refractivity contribution in [3.63, 3.8) is 0 Å². The Kier molecular flexibility index (Phi) is 1.58. The normalized spacial score (nSPS) is 10.0. The fourth-order valence-electron chi connectivity index (χ4n) is 0.441. The summed E-state index contributed by atoms with van der Waals surface area (Å²) in [5.41, 5.74) is 0. The molecular formula is C3H6N4OS. The summed E-state index contributed by atoms with van der Waals surface area (Å²) in [5, 5.41) is 15.6. The summed E-state index contributed by atoms with van der Waals surface area (Å²) >= 11 is 4.77. The lowest BCUT2D eigenvalue weighted by molar-refractivity contribution is 0.190. The fraction of sp³-hybridized carbons (Fsp3) is 0.667. The van der Waals surface area contributed by atoms with Crippen LogP contribution < -0.4 is 0 Å². The zero-order chi connectivity index (χ0) is 6.85. The van der Waals surface area contributed by atoms with Crippen molar-refractivity contribution in [2.75, 3.05) is 0 Å². The van der Waals surface area contributed by atoms with Gasteiger partial charge in [0, 0.05) is 7.05 Å². The molecule has 6 heteroatoms. The minimum atomic E-state index is -0.216. The summed E-state index contributed by atoms with van der Waals surface area (Å²) in [7, 11) is 1.67. The summed E-state index contributed by atoms with van der Waals surface area (Å²) in [5.74, 6) is 0. The smallest absolute Gasteiger partial charge is 0.217 e. The summed E-state index contributed by atoms with van der Waals surface area (Å²) in [6.45, 7) is -0.216. The molecular weight excluding hydrogens is 140 g/mol. The Morgan fingerprint density at radius 2 is 2.33 bits per heavy atom. The molecule has 0 aliphatic carbocycles. The number of aromatic nitrogens is 4. The number of aryl methyl sites for hydroxylation is 1. The maximum atomic E-state index is 8.51. The van der Waals surface area contributed by atoms with Crippen LogP contribution in [0.15, 0.2) is 0 Å². The second-order valence-corrected chi connectivity index (χ2v) is 1.89. The van der Waals surface area contributed by atoms with Crippen LogP contribution in [0.2, 0.25) is 0 Å². The van der Waals surface area contributed by atoms with Crippen molar-refractivity contribution in [2.45, 2.75) is 6.73 Å². The monoisotopic (exact) mass is 146 g/mol. The minimum Gasteiger partial charge on any atom is -0.374 e. The molecule has 0 aliphatic rings. The highest BCUT2D eigenvalue weighted by Gasteiger charge is 1.93. The molecule has 0 unspecified atom stereocenters. The fourth-order valence-corrected chi connectivity index (χ4v) is 0.571. The van der Waals surface area contributed by atoms with Crippen LogP contribution in [-0.2, 0) is 13.8 Å². The largest absolute Gasteiger partial charge is 0.374 e. The highest BCUT2D eigenvalue weighted by Crippen LogP contribution is 1.82. The molecule has 0 saturated heterocycles. The molecule has 0 fully saturated rings. The van der Waals surface area contributed by atoms with Crippen LogP contribution in [0.1, 0.15) is 0 Å². The van der Waals surface area contributed by atoms with Crippen molar-refractivity contribution < 1.29 is 5.11 Å². The third-order valence-corrected chi connectivity index (χ3v) is 1.39. The summed E-state index contributed by atoms with van der Waals surface area (Å²) in [4.78, 5) is 0.